The number of hydrogen-bond acceptors (Lipinski definition) is 3. The van der Waals surface area contributed by atoms with Crippen LogP contribution in [-0.4, -0.2) is 43.0 Å². The van der Waals surface area contributed by atoms with E-state index in [0.717, 1.165) is 19.6 Å². The predicted molar refractivity (Wildman–Crippen MR) is 64.8 cm³/mol. The molecular formula is C7H18Cl3N3O. The fourth-order valence-corrected chi connectivity index (χ4v) is 1.30. The van der Waals surface area contributed by atoms with E-state index >= 15 is 0 Å². The molecule has 1 amide bonds. The van der Waals surface area contributed by atoms with Crippen molar-refractivity contribution < 1.29 is 4.79 Å². The van der Waals surface area contributed by atoms with E-state index in [9.17, 15) is 4.79 Å². The van der Waals surface area contributed by atoms with E-state index in [1.807, 2.05) is 6.92 Å². The van der Waals surface area contributed by atoms with Crippen molar-refractivity contribution in [3.63, 3.8) is 0 Å². The standard InChI is InChI=1S/C7H15N3O.3ClH/c1-6-7(11)9-3-5-10(6)4-2-8;;;/h6H,2-5,8H2,1H3,(H,9,11);3*1H. The minimum atomic E-state index is -0.00713. The van der Waals surface area contributed by atoms with Gasteiger partial charge in [-0.2, -0.15) is 0 Å². The van der Waals surface area contributed by atoms with Crippen molar-refractivity contribution in [3.05, 3.63) is 0 Å². The first-order chi connectivity index (χ1) is 5.25. The molecule has 88 valence electrons. The van der Waals surface area contributed by atoms with E-state index in [1.165, 1.54) is 0 Å². The number of rotatable bonds is 2. The number of halogens is 3. The Bertz CT molecular complexity index is 157. The molecule has 0 aliphatic carbocycles. The van der Waals surface area contributed by atoms with Gasteiger partial charge in [0.1, 0.15) is 0 Å². The number of nitrogens with one attached hydrogen (secondary N) is 1. The molecule has 0 aromatic carbocycles. The van der Waals surface area contributed by atoms with Gasteiger partial charge in [0.15, 0.2) is 0 Å². The minimum Gasteiger partial charge on any atom is -0.353 e. The third kappa shape index (κ3) is 5.22. The number of carbonyl (C=O) groups excluding carboxylic acids is 1. The van der Waals surface area contributed by atoms with Crippen LogP contribution < -0.4 is 11.1 Å². The van der Waals surface area contributed by atoms with E-state index < -0.39 is 0 Å². The van der Waals surface area contributed by atoms with Gasteiger partial charge >= 0.3 is 0 Å². The summed E-state index contributed by atoms with van der Waals surface area (Å²) in [7, 11) is 0. The second-order valence-corrected chi connectivity index (χ2v) is 2.79. The third-order valence-corrected chi connectivity index (χ3v) is 2.04. The second kappa shape index (κ2) is 9.80. The molecule has 0 spiro atoms. The van der Waals surface area contributed by atoms with E-state index in [1.54, 1.807) is 0 Å². The van der Waals surface area contributed by atoms with Gasteiger partial charge in [-0.25, -0.2) is 0 Å². The van der Waals surface area contributed by atoms with Crippen molar-refractivity contribution in [1.29, 1.82) is 0 Å². The highest BCUT2D eigenvalue weighted by molar-refractivity contribution is 5.86. The number of piperazine rings is 1. The Morgan fingerprint density at radius 1 is 1.50 bits per heavy atom. The summed E-state index contributed by atoms with van der Waals surface area (Å²) in [6, 6.07) is -0.00713. The van der Waals surface area contributed by atoms with Crippen molar-refractivity contribution in [2.75, 3.05) is 26.2 Å². The van der Waals surface area contributed by atoms with Crippen LogP contribution in [0.5, 0.6) is 0 Å². The normalized spacial score (nSPS) is 21.0. The summed E-state index contributed by atoms with van der Waals surface area (Å²) in [5.74, 6) is 0.115. The quantitative estimate of drug-likeness (QED) is 0.741. The van der Waals surface area contributed by atoms with Crippen LogP contribution in [0.15, 0.2) is 0 Å². The first-order valence-electron chi connectivity index (χ1n) is 3.97. The molecule has 7 heteroatoms. The monoisotopic (exact) mass is 265 g/mol. The molecule has 1 aliphatic heterocycles. The fourth-order valence-electron chi connectivity index (χ4n) is 1.30. The Labute approximate surface area is 103 Å². The summed E-state index contributed by atoms with van der Waals surface area (Å²) < 4.78 is 0. The molecule has 1 unspecified atom stereocenters. The molecule has 3 N–H and O–H groups in total. The lowest BCUT2D eigenvalue weighted by Crippen LogP contribution is -2.54. The van der Waals surface area contributed by atoms with Crippen LogP contribution in [0, 0.1) is 0 Å². The summed E-state index contributed by atoms with van der Waals surface area (Å²) in [6.45, 7) is 5.02. The maximum absolute atomic E-state index is 11.1. The molecule has 14 heavy (non-hydrogen) atoms. The van der Waals surface area contributed by atoms with Crippen LogP contribution in [-0.2, 0) is 4.79 Å². The Kier molecular flexibility index (Phi) is 13.8. The molecule has 1 heterocycles. The van der Waals surface area contributed by atoms with E-state index in [2.05, 4.69) is 10.2 Å². The molecule has 0 radical (unpaired) electrons. The Hall–Kier alpha value is 0.260. The van der Waals surface area contributed by atoms with Gasteiger partial charge in [0.25, 0.3) is 0 Å². The molecule has 1 fully saturated rings. The Morgan fingerprint density at radius 3 is 2.57 bits per heavy atom. The maximum atomic E-state index is 11.1. The van der Waals surface area contributed by atoms with Crippen LogP contribution in [0.3, 0.4) is 0 Å². The van der Waals surface area contributed by atoms with Gasteiger partial charge in [0.2, 0.25) is 5.91 Å². The summed E-state index contributed by atoms with van der Waals surface area (Å²) >= 11 is 0. The molecule has 1 saturated heterocycles. The number of carbonyl (C=O) groups is 1. The van der Waals surface area contributed by atoms with Crippen molar-refractivity contribution in [2.45, 2.75) is 13.0 Å². The minimum absolute atomic E-state index is 0. The fraction of sp³-hybridized carbons (Fsp3) is 0.857. The van der Waals surface area contributed by atoms with Crippen LogP contribution >= 0.6 is 37.2 Å². The smallest absolute Gasteiger partial charge is 0.237 e. The number of amides is 1. The first kappa shape index (κ1) is 19.8. The van der Waals surface area contributed by atoms with E-state index in [-0.39, 0.29) is 49.2 Å². The largest absolute Gasteiger partial charge is 0.353 e. The maximum Gasteiger partial charge on any atom is 0.237 e. The Balaban J connectivity index is -0.000000403. The zero-order chi connectivity index (χ0) is 8.27. The van der Waals surface area contributed by atoms with Gasteiger partial charge in [0.05, 0.1) is 6.04 Å². The SMILES string of the molecule is CC1C(=O)NCCN1CCN.Cl.Cl.Cl. The highest BCUT2D eigenvalue weighted by atomic mass is 35.5. The lowest BCUT2D eigenvalue weighted by atomic mass is 10.2. The summed E-state index contributed by atoms with van der Waals surface area (Å²) in [5, 5.41) is 2.80. The molecular weight excluding hydrogens is 248 g/mol. The summed E-state index contributed by atoms with van der Waals surface area (Å²) in [4.78, 5) is 13.2. The highest BCUT2D eigenvalue weighted by Gasteiger charge is 2.23. The van der Waals surface area contributed by atoms with Crippen LogP contribution in [0.1, 0.15) is 6.92 Å². The van der Waals surface area contributed by atoms with Gasteiger partial charge in [0, 0.05) is 26.2 Å². The predicted octanol–water partition coefficient (Wildman–Crippen LogP) is 0.0308. The van der Waals surface area contributed by atoms with Crippen LogP contribution in [0.2, 0.25) is 0 Å². The Morgan fingerprint density at radius 2 is 2.07 bits per heavy atom. The average molecular weight is 267 g/mol. The van der Waals surface area contributed by atoms with Gasteiger partial charge in [-0.05, 0) is 6.92 Å². The van der Waals surface area contributed by atoms with Gasteiger partial charge in [-0.15, -0.1) is 37.2 Å². The zero-order valence-electron chi connectivity index (χ0n) is 8.06. The molecule has 0 saturated carbocycles. The molecule has 1 aliphatic rings. The average Bonchev–Trinajstić information content (AvgIpc) is 1.99. The van der Waals surface area contributed by atoms with Crippen molar-refractivity contribution in [1.82, 2.24) is 10.2 Å². The van der Waals surface area contributed by atoms with Gasteiger partial charge in [-0.1, -0.05) is 0 Å². The number of hydrogen-bond donors (Lipinski definition) is 2. The van der Waals surface area contributed by atoms with Crippen LogP contribution in [0.4, 0.5) is 0 Å². The molecule has 0 aromatic rings. The summed E-state index contributed by atoms with van der Waals surface area (Å²) in [6.07, 6.45) is 0. The topological polar surface area (TPSA) is 58.4 Å². The lowest BCUT2D eigenvalue weighted by molar-refractivity contribution is -0.128. The summed E-state index contributed by atoms with van der Waals surface area (Å²) in [5.41, 5.74) is 5.39. The molecule has 0 aromatic heterocycles. The van der Waals surface area contributed by atoms with Crippen molar-refractivity contribution in [3.8, 4) is 0 Å². The molecule has 4 nitrogen and oxygen atoms in total. The number of nitrogens with two attached hydrogens (primary N) is 1. The third-order valence-electron chi connectivity index (χ3n) is 2.04. The van der Waals surface area contributed by atoms with Crippen LogP contribution in [0.25, 0.3) is 0 Å². The van der Waals surface area contributed by atoms with E-state index in [0.29, 0.717) is 6.54 Å². The molecule has 1 atom stereocenters. The van der Waals surface area contributed by atoms with Crippen molar-refractivity contribution >= 4 is 43.1 Å². The van der Waals surface area contributed by atoms with Gasteiger partial charge in [-0.3, -0.25) is 9.69 Å². The zero-order valence-corrected chi connectivity index (χ0v) is 10.5. The first-order valence-corrected chi connectivity index (χ1v) is 3.97. The van der Waals surface area contributed by atoms with Gasteiger partial charge < -0.3 is 11.1 Å². The van der Waals surface area contributed by atoms with Crippen molar-refractivity contribution in [2.24, 2.45) is 5.73 Å². The highest BCUT2D eigenvalue weighted by Crippen LogP contribution is 2.01. The van der Waals surface area contributed by atoms with E-state index in [4.69, 9.17) is 5.73 Å². The molecule has 1 rings (SSSR count). The lowest BCUT2D eigenvalue weighted by Gasteiger charge is -2.32. The molecule has 0 bridgehead atoms. The second-order valence-electron chi connectivity index (χ2n) is 2.79. The number of nitrogens with zero attached hydrogens (tertiary/aromatic N) is 1.